The van der Waals surface area contributed by atoms with Crippen molar-refractivity contribution in [2.24, 2.45) is 0 Å². The second-order valence-electron chi connectivity index (χ2n) is 6.47. The first-order valence-electron chi connectivity index (χ1n) is 6.82. The largest absolute Gasteiger partial charge is 0.543 e. The predicted octanol–water partition coefficient (Wildman–Crippen LogP) is 4.12. The van der Waals surface area contributed by atoms with Crippen LogP contribution in [0.4, 0.5) is 0 Å². The number of hydrogen-bond donors (Lipinski definition) is 0. The van der Waals surface area contributed by atoms with Gasteiger partial charge in [0, 0.05) is 5.56 Å². The molecule has 0 atom stereocenters. The molecule has 0 N–H and O–H groups in total. The molecule has 1 aromatic rings. The van der Waals surface area contributed by atoms with Crippen LogP contribution in [0.25, 0.3) is 0 Å². The van der Waals surface area contributed by atoms with E-state index >= 15 is 0 Å². The average molecular weight is 280 g/mol. The Bertz CT molecular complexity index is 431. The fourth-order valence-electron chi connectivity index (χ4n) is 1.73. The molecule has 0 spiro atoms. The lowest BCUT2D eigenvalue weighted by Gasteiger charge is -2.37. The fraction of sp³-hybridized carbons (Fsp3) is 0.600. The van der Waals surface area contributed by atoms with Crippen molar-refractivity contribution in [1.82, 2.24) is 0 Å². The third-order valence-corrected chi connectivity index (χ3v) is 8.31. The number of hydrogen-bond acceptors (Lipinski definition) is 3. The molecule has 2 rings (SSSR count). The Morgan fingerprint density at radius 2 is 1.68 bits per heavy atom. The van der Waals surface area contributed by atoms with Crippen molar-refractivity contribution in [1.29, 1.82) is 0 Å². The normalized spacial score (nSPS) is 17.7. The Balaban J connectivity index is 2.25. The summed E-state index contributed by atoms with van der Waals surface area (Å²) in [6.07, 6.45) is -0.277. The maximum absolute atomic E-state index is 6.39. The van der Waals surface area contributed by atoms with Gasteiger partial charge < -0.3 is 13.9 Å². The average Bonchev–Trinajstić information content (AvgIpc) is 2.81. The van der Waals surface area contributed by atoms with E-state index in [0.29, 0.717) is 13.2 Å². The summed E-state index contributed by atoms with van der Waals surface area (Å²) in [7, 11) is -1.84. The minimum Gasteiger partial charge on any atom is -0.543 e. The van der Waals surface area contributed by atoms with Crippen LogP contribution in [0.1, 0.15) is 32.6 Å². The van der Waals surface area contributed by atoms with Crippen LogP contribution in [-0.4, -0.2) is 21.5 Å². The van der Waals surface area contributed by atoms with Crippen LogP contribution in [0.5, 0.6) is 5.75 Å². The van der Waals surface area contributed by atoms with Crippen molar-refractivity contribution in [2.75, 3.05) is 13.2 Å². The van der Waals surface area contributed by atoms with Gasteiger partial charge in [0.25, 0.3) is 0 Å². The van der Waals surface area contributed by atoms with Gasteiger partial charge in [-0.05, 0) is 24.2 Å². The van der Waals surface area contributed by atoms with Crippen molar-refractivity contribution in [3.8, 4) is 5.75 Å². The Morgan fingerprint density at radius 1 is 1.11 bits per heavy atom. The molecular weight excluding hydrogens is 256 g/mol. The third-order valence-electron chi connectivity index (χ3n) is 3.97. The van der Waals surface area contributed by atoms with Gasteiger partial charge in [0.1, 0.15) is 5.75 Å². The SMILES string of the molecule is CC(C)(C)[Si](C)(C)Oc1ccccc1C1OCCO1. The molecule has 0 radical (unpaired) electrons. The zero-order valence-corrected chi connectivity index (χ0v) is 13.5. The molecule has 0 unspecified atom stereocenters. The van der Waals surface area contributed by atoms with Crippen LogP contribution in [0, 0.1) is 0 Å². The minimum atomic E-state index is -1.84. The van der Waals surface area contributed by atoms with Crippen LogP contribution in [0.2, 0.25) is 18.1 Å². The van der Waals surface area contributed by atoms with Gasteiger partial charge in [-0.2, -0.15) is 0 Å². The first-order chi connectivity index (χ1) is 8.81. The lowest BCUT2D eigenvalue weighted by molar-refractivity contribution is -0.0450. The molecule has 0 aliphatic carbocycles. The van der Waals surface area contributed by atoms with Crippen molar-refractivity contribution in [3.63, 3.8) is 0 Å². The van der Waals surface area contributed by atoms with E-state index in [9.17, 15) is 0 Å². The van der Waals surface area contributed by atoms with E-state index in [2.05, 4.69) is 33.9 Å². The highest BCUT2D eigenvalue weighted by atomic mass is 28.4. The monoisotopic (exact) mass is 280 g/mol. The van der Waals surface area contributed by atoms with Crippen LogP contribution in [-0.2, 0) is 9.47 Å². The molecule has 19 heavy (non-hydrogen) atoms. The summed E-state index contributed by atoms with van der Waals surface area (Å²) in [5.41, 5.74) is 1.00. The van der Waals surface area contributed by atoms with Crippen LogP contribution in [0.15, 0.2) is 24.3 Å². The number of benzene rings is 1. The third kappa shape index (κ3) is 3.19. The van der Waals surface area contributed by atoms with Gasteiger partial charge >= 0.3 is 0 Å². The Hall–Kier alpha value is -0.843. The quantitative estimate of drug-likeness (QED) is 0.780. The maximum Gasteiger partial charge on any atom is 0.250 e. The van der Waals surface area contributed by atoms with Crippen LogP contribution >= 0.6 is 0 Å². The van der Waals surface area contributed by atoms with E-state index in [0.717, 1.165) is 11.3 Å². The summed E-state index contributed by atoms with van der Waals surface area (Å²) in [4.78, 5) is 0. The van der Waals surface area contributed by atoms with Crippen molar-refractivity contribution < 1.29 is 13.9 Å². The molecular formula is C15H24O3Si. The highest BCUT2D eigenvalue weighted by Gasteiger charge is 2.39. The molecule has 0 bridgehead atoms. The topological polar surface area (TPSA) is 27.7 Å². The Morgan fingerprint density at radius 3 is 2.26 bits per heavy atom. The molecule has 0 aromatic heterocycles. The highest BCUT2D eigenvalue weighted by Crippen LogP contribution is 2.40. The summed E-state index contributed by atoms with van der Waals surface area (Å²) in [5, 5.41) is 0.178. The Labute approximate surface area is 117 Å². The molecule has 3 nitrogen and oxygen atoms in total. The second kappa shape index (κ2) is 5.27. The summed E-state index contributed by atoms with van der Waals surface area (Å²) in [5.74, 6) is 0.904. The number of ether oxygens (including phenoxy) is 2. The molecule has 1 aromatic carbocycles. The zero-order valence-electron chi connectivity index (χ0n) is 12.5. The molecule has 1 aliphatic heterocycles. The minimum absolute atomic E-state index is 0.178. The molecule has 1 aliphatic rings. The second-order valence-corrected chi connectivity index (χ2v) is 11.2. The first kappa shape index (κ1) is 14.6. The Kier molecular flexibility index (Phi) is 4.04. The van der Waals surface area contributed by atoms with Crippen molar-refractivity contribution >= 4 is 8.32 Å². The molecule has 0 amide bonds. The van der Waals surface area contributed by atoms with Crippen molar-refractivity contribution in [2.45, 2.75) is 45.2 Å². The summed E-state index contributed by atoms with van der Waals surface area (Å²) >= 11 is 0. The van der Waals surface area contributed by atoms with Gasteiger partial charge in [0.2, 0.25) is 8.32 Å². The van der Waals surface area contributed by atoms with Crippen LogP contribution < -0.4 is 4.43 Å². The zero-order chi connectivity index (χ0) is 14.1. The van der Waals surface area contributed by atoms with E-state index in [1.54, 1.807) is 0 Å². The molecule has 4 heteroatoms. The molecule has 106 valence electrons. The van der Waals surface area contributed by atoms with E-state index in [1.165, 1.54) is 0 Å². The van der Waals surface area contributed by atoms with Gasteiger partial charge in [-0.25, -0.2) is 0 Å². The van der Waals surface area contributed by atoms with Crippen molar-refractivity contribution in [3.05, 3.63) is 29.8 Å². The van der Waals surface area contributed by atoms with Gasteiger partial charge in [0.05, 0.1) is 13.2 Å². The summed E-state index contributed by atoms with van der Waals surface area (Å²) in [6, 6.07) is 8.04. The van der Waals surface area contributed by atoms with E-state index < -0.39 is 8.32 Å². The molecule has 1 fully saturated rings. The van der Waals surface area contributed by atoms with E-state index in [-0.39, 0.29) is 11.3 Å². The molecule has 1 heterocycles. The van der Waals surface area contributed by atoms with Gasteiger partial charge in [-0.1, -0.05) is 39.0 Å². The highest BCUT2D eigenvalue weighted by molar-refractivity contribution is 6.74. The first-order valence-corrected chi connectivity index (χ1v) is 9.73. The number of rotatable bonds is 3. The van der Waals surface area contributed by atoms with Crippen LogP contribution in [0.3, 0.4) is 0 Å². The lowest BCUT2D eigenvalue weighted by Crippen LogP contribution is -2.44. The smallest absolute Gasteiger partial charge is 0.250 e. The van der Waals surface area contributed by atoms with Gasteiger partial charge in [-0.3, -0.25) is 0 Å². The molecule has 1 saturated heterocycles. The maximum atomic E-state index is 6.39. The standard InChI is InChI=1S/C15H24O3Si/c1-15(2,3)19(4,5)18-13-9-7-6-8-12(13)14-16-10-11-17-14/h6-9,14H,10-11H2,1-5H3. The van der Waals surface area contributed by atoms with E-state index in [1.807, 2.05) is 24.3 Å². The fourth-order valence-corrected chi connectivity index (χ4v) is 2.78. The summed E-state index contributed by atoms with van der Waals surface area (Å²) in [6.45, 7) is 12.5. The van der Waals surface area contributed by atoms with Gasteiger partial charge in [0.15, 0.2) is 6.29 Å². The van der Waals surface area contributed by atoms with Gasteiger partial charge in [-0.15, -0.1) is 0 Å². The predicted molar refractivity (Wildman–Crippen MR) is 78.9 cm³/mol. The lowest BCUT2D eigenvalue weighted by atomic mass is 10.2. The van der Waals surface area contributed by atoms with E-state index in [4.69, 9.17) is 13.9 Å². The number of para-hydroxylation sites is 1. The molecule has 0 saturated carbocycles. The summed E-state index contributed by atoms with van der Waals surface area (Å²) < 4.78 is 17.6.